The topological polar surface area (TPSA) is 347 Å². The SMILES string of the molecule is CC(=O)[C@@H]1CSSC[C@H](CC(=O)[C@@H]2CSSC[C@@H]3CC(=O)[C@H](CCCCNC(=O)COCCOCCCC(=O)COCCOCCNC(=O)CC[C@H](NC(=O)CCCCCCCCCCCCCCCCC(=O)O)C(=O)O)CC(=O)[C@@H](C)CSSC[C@H](NSC3=O)C(=O)C2)C(=O)C1. The minimum Gasteiger partial charge on any atom is -0.481 e. The number of ether oxygens (including phenoxy) is 4. The number of Topliss-reactive ketones (excluding diaryl/α,β-unsaturated/α-hetero) is 7. The molecule has 3 saturated heterocycles. The molecule has 30 heteroatoms. The lowest BCUT2D eigenvalue weighted by atomic mass is 9.86. The fourth-order valence-electron chi connectivity index (χ4n) is 10.6. The highest BCUT2D eigenvalue weighted by molar-refractivity contribution is 8.77. The molecule has 0 aromatic carbocycles. The second-order valence-electron chi connectivity index (χ2n) is 25.2. The summed E-state index contributed by atoms with van der Waals surface area (Å²) in [5.74, 6) is -5.04. The monoisotopic (exact) mass is 1500 g/mol. The molecule has 0 unspecified atom stereocenters. The highest BCUT2D eigenvalue weighted by Gasteiger charge is 2.36. The van der Waals surface area contributed by atoms with Crippen molar-refractivity contribution in [1.82, 2.24) is 20.7 Å². The molecule has 6 N–H and O–H groups in total. The first-order chi connectivity index (χ1) is 46.7. The Morgan fingerprint density at radius 2 is 1.05 bits per heavy atom. The average Bonchev–Trinajstić information content (AvgIpc) is 1.60. The third-order valence-electron chi connectivity index (χ3n) is 16.8. The van der Waals surface area contributed by atoms with Gasteiger partial charge in [-0.3, -0.25) is 57.5 Å². The lowest BCUT2D eigenvalue weighted by molar-refractivity contribution is -0.142. The second-order valence-corrected chi connectivity index (χ2v) is 33.7. The summed E-state index contributed by atoms with van der Waals surface area (Å²) in [6, 6.07) is -1.95. The highest BCUT2D eigenvalue weighted by atomic mass is 33.1. The van der Waals surface area contributed by atoms with Gasteiger partial charge in [0, 0.05) is 148 Å². The fraction of sp³-hybridized carbons (Fsp3) is 0.806. The summed E-state index contributed by atoms with van der Waals surface area (Å²) >= 11 is 0.807. The van der Waals surface area contributed by atoms with Crippen LogP contribution in [0.2, 0.25) is 0 Å². The predicted octanol–water partition coefficient (Wildman–Crippen LogP) is 9.90. The van der Waals surface area contributed by atoms with E-state index >= 15 is 0 Å². The van der Waals surface area contributed by atoms with Crippen molar-refractivity contribution in [2.24, 2.45) is 35.5 Å². The van der Waals surface area contributed by atoms with Crippen molar-refractivity contribution in [3.05, 3.63) is 0 Å². The van der Waals surface area contributed by atoms with E-state index in [-0.39, 0.29) is 203 Å². The molecule has 3 aliphatic rings. The maximum absolute atomic E-state index is 14.1. The quantitative estimate of drug-likeness (QED) is 0.0187. The van der Waals surface area contributed by atoms with Crippen molar-refractivity contribution in [3.63, 3.8) is 0 Å². The average molecular weight is 1500 g/mol. The van der Waals surface area contributed by atoms with E-state index < -0.39 is 53.6 Å². The van der Waals surface area contributed by atoms with E-state index in [1.807, 2.05) is 6.92 Å². The maximum Gasteiger partial charge on any atom is 0.326 e. The molecule has 0 spiro atoms. The molecule has 23 nitrogen and oxygen atoms in total. The molecule has 552 valence electrons. The molecule has 3 amide bonds. The largest absolute Gasteiger partial charge is 0.481 e. The van der Waals surface area contributed by atoms with Gasteiger partial charge < -0.3 is 45.1 Å². The number of carboxylic acids is 2. The molecule has 0 radical (unpaired) electrons. The lowest BCUT2D eigenvalue weighted by Crippen LogP contribution is -2.41. The van der Waals surface area contributed by atoms with Gasteiger partial charge in [0.15, 0.2) is 11.6 Å². The van der Waals surface area contributed by atoms with E-state index in [1.54, 1.807) is 0 Å². The second kappa shape index (κ2) is 55.6. The van der Waals surface area contributed by atoms with Crippen LogP contribution in [0, 0.1) is 35.5 Å². The smallest absolute Gasteiger partial charge is 0.326 e. The Balaban J connectivity index is 1.21. The van der Waals surface area contributed by atoms with Crippen molar-refractivity contribution in [3.8, 4) is 0 Å². The summed E-state index contributed by atoms with van der Waals surface area (Å²) in [7, 11) is 8.57. The van der Waals surface area contributed by atoms with Gasteiger partial charge in [-0.15, -0.1) is 0 Å². The molecule has 0 aromatic rings. The Bertz CT molecular complexity index is 2430. The van der Waals surface area contributed by atoms with Crippen molar-refractivity contribution in [2.75, 3.05) is 100 Å². The third-order valence-corrected chi connectivity index (χ3v) is 25.5. The van der Waals surface area contributed by atoms with Crippen LogP contribution in [0.5, 0.6) is 0 Å². The van der Waals surface area contributed by atoms with Gasteiger partial charge in [0.1, 0.15) is 48.2 Å². The zero-order valence-electron chi connectivity index (χ0n) is 56.9. The normalized spacial score (nSPS) is 21.5. The number of rotatable bonds is 48. The number of carbonyl (C=O) groups is 13. The maximum atomic E-state index is 14.1. The lowest BCUT2D eigenvalue weighted by Gasteiger charge is -2.25. The molecule has 8 atom stereocenters. The van der Waals surface area contributed by atoms with Crippen molar-refractivity contribution >= 4 is 152 Å². The van der Waals surface area contributed by atoms with Gasteiger partial charge >= 0.3 is 11.9 Å². The van der Waals surface area contributed by atoms with E-state index in [0.29, 0.717) is 62.5 Å². The Hall–Kier alpha value is -3.04. The zero-order chi connectivity index (χ0) is 70.8. The number of carbonyl (C=O) groups excluding carboxylic acids is 11. The molecule has 3 heterocycles. The molecule has 0 aromatic heterocycles. The fourth-order valence-corrected chi connectivity index (χ4v) is 19.6. The van der Waals surface area contributed by atoms with Crippen LogP contribution < -0.4 is 20.7 Å². The molecule has 3 aliphatic heterocycles. The highest BCUT2D eigenvalue weighted by Crippen LogP contribution is 2.37. The van der Waals surface area contributed by atoms with Gasteiger partial charge in [0.2, 0.25) is 22.8 Å². The molecule has 0 aliphatic carbocycles. The standard InChI is InChI=1S/C67H108N4O19S7/c1-47-41-91-96-46-56-61(78)37-52(60(77)36-51-43-93-92-42-50(48(2)72)35-59(51)76)44-94-95-45-53(67(86)97-71-56)38-58(75)49(34-57(47)74)20-17-18-26-68-64(81)40-90-33-30-87-28-19-21-54(73)39-89-32-31-88-29-27-69-62(79)25-24-55(66(84)85)70-63(80)22-15-13-11-9-7-5-3-4-6-8-10-12-14-16-23-65(82)83/h47,49-53,55-56,71H,3-46H2,1-2H3,(H,68,81)(H,69,79)(H,70,80)(H,82,83)(H,84,85)/t47-,49+,50-,51-,52-,53-,55-,56-/m0/s1. The molecule has 0 saturated carbocycles. The van der Waals surface area contributed by atoms with Crippen LogP contribution in [0.15, 0.2) is 0 Å². The number of hydrogen-bond acceptors (Lipinski definition) is 25. The number of carboxylic acid groups (broad SMARTS) is 2. The first-order valence-electron chi connectivity index (χ1n) is 34.7. The van der Waals surface area contributed by atoms with Gasteiger partial charge in [-0.2, -0.15) is 0 Å². The first-order valence-corrected chi connectivity index (χ1v) is 42.9. The van der Waals surface area contributed by atoms with Gasteiger partial charge in [0.05, 0.1) is 39.1 Å². The van der Waals surface area contributed by atoms with Crippen LogP contribution in [0.1, 0.15) is 194 Å². The van der Waals surface area contributed by atoms with E-state index in [4.69, 9.17) is 24.1 Å². The van der Waals surface area contributed by atoms with Crippen molar-refractivity contribution in [2.45, 2.75) is 206 Å². The molecule has 97 heavy (non-hydrogen) atoms. The molecular weight excluding hydrogens is 1390 g/mol. The van der Waals surface area contributed by atoms with Crippen LogP contribution in [0.4, 0.5) is 0 Å². The number of fused-ring (bicyclic) bond motifs is 4. The summed E-state index contributed by atoms with van der Waals surface area (Å²) in [4.78, 5) is 167. The predicted molar refractivity (Wildman–Crippen MR) is 387 cm³/mol. The number of unbranched alkanes of at least 4 members (excludes halogenated alkanes) is 14. The first kappa shape index (κ1) is 88.2. The zero-order valence-corrected chi connectivity index (χ0v) is 62.6. The van der Waals surface area contributed by atoms with E-state index in [0.717, 1.165) is 63.3 Å². The van der Waals surface area contributed by atoms with Crippen LogP contribution in [-0.4, -0.2) is 198 Å². The summed E-state index contributed by atoms with van der Waals surface area (Å²) in [6.07, 6.45) is 17.3. The molecule has 3 fully saturated rings. The number of ketones is 7. The van der Waals surface area contributed by atoms with Crippen LogP contribution in [-0.2, 0) is 81.3 Å². The van der Waals surface area contributed by atoms with Gasteiger partial charge in [-0.25, -0.2) is 9.52 Å². The number of nitrogens with one attached hydrogen (secondary N) is 4. The minimum atomic E-state index is -1.20. The van der Waals surface area contributed by atoms with Gasteiger partial charge in [0.25, 0.3) is 0 Å². The molecular formula is C67H108N4O19S7. The molecule has 2 bridgehead atoms. The van der Waals surface area contributed by atoms with E-state index in [1.165, 1.54) is 104 Å². The summed E-state index contributed by atoms with van der Waals surface area (Å²) in [5, 5.41) is 26.0. The number of hydrogen-bond donors (Lipinski definition) is 6. The van der Waals surface area contributed by atoms with E-state index in [9.17, 15) is 67.4 Å². The summed E-state index contributed by atoms with van der Waals surface area (Å²) < 4.78 is 24.9. The summed E-state index contributed by atoms with van der Waals surface area (Å²) in [6.45, 7) is 4.71. The minimum absolute atomic E-state index is 0.0199. The van der Waals surface area contributed by atoms with Crippen LogP contribution >= 0.6 is 76.7 Å². The Morgan fingerprint density at radius 3 is 1.71 bits per heavy atom. The van der Waals surface area contributed by atoms with Crippen molar-refractivity contribution < 1.29 is 91.5 Å². The molecule has 3 rings (SSSR count). The van der Waals surface area contributed by atoms with E-state index in [2.05, 4.69) is 20.7 Å². The summed E-state index contributed by atoms with van der Waals surface area (Å²) in [5.41, 5.74) is 0. The number of aliphatic carboxylic acids is 2. The Kier molecular flexibility index (Phi) is 50.5. The Labute approximate surface area is 601 Å². The van der Waals surface area contributed by atoms with Gasteiger partial charge in [-0.1, -0.05) is 155 Å². The Morgan fingerprint density at radius 1 is 0.495 bits per heavy atom. The van der Waals surface area contributed by atoms with Crippen molar-refractivity contribution in [1.29, 1.82) is 0 Å². The van der Waals surface area contributed by atoms with Crippen LogP contribution in [0.3, 0.4) is 0 Å². The third kappa shape index (κ3) is 43.5. The van der Waals surface area contributed by atoms with Crippen LogP contribution in [0.25, 0.3) is 0 Å². The number of amides is 3. The van der Waals surface area contributed by atoms with Gasteiger partial charge in [-0.05, 0) is 57.4 Å².